The SMILES string of the molecule is CCOC(=O)CC(C)=C=CCC(C)CCC(C)C. The standard InChI is InChI=1S/C16H28O2/c1-6-18-16(17)12-15(5)9-7-8-14(4)11-10-13(2)3/h7,13-14H,6,8,10-12H2,1-5H3. The minimum Gasteiger partial charge on any atom is -0.466 e. The molecule has 0 saturated carbocycles. The van der Waals surface area contributed by atoms with Gasteiger partial charge in [-0.1, -0.05) is 33.6 Å². The van der Waals surface area contributed by atoms with Crippen molar-refractivity contribution in [2.24, 2.45) is 11.8 Å². The van der Waals surface area contributed by atoms with E-state index in [0.717, 1.165) is 17.9 Å². The predicted molar refractivity (Wildman–Crippen MR) is 76.4 cm³/mol. The first-order valence-electron chi connectivity index (χ1n) is 7.01. The third-order valence-corrected chi connectivity index (χ3v) is 2.82. The highest BCUT2D eigenvalue weighted by atomic mass is 16.5. The zero-order chi connectivity index (χ0) is 14.0. The van der Waals surface area contributed by atoms with Crippen molar-refractivity contribution >= 4 is 5.97 Å². The van der Waals surface area contributed by atoms with E-state index in [0.29, 0.717) is 18.9 Å². The quantitative estimate of drug-likeness (QED) is 0.469. The Hall–Kier alpha value is -1.01. The van der Waals surface area contributed by atoms with Gasteiger partial charge in [-0.3, -0.25) is 4.79 Å². The van der Waals surface area contributed by atoms with E-state index in [2.05, 4.69) is 32.6 Å². The Kier molecular flexibility index (Phi) is 9.40. The van der Waals surface area contributed by atoms with Crippen LogP contribution in [0.2, 0.25) is 0 Å². The molecule has 0 aliphatic rings. The first-order chi connectivity index (χ1) is 8.45. The van der Waals surface area contributed by atoms with Gasteiger partial charge in [-0.2, -0.15) is 0 Å². The molecule has 0 rings (SSSR count). The molecule has 0 aliphatic heterocycles. The van der Waals surface area contributed by atoms with Crippen LogP contribution < -0.4 is 0 Å². The molecule has 0 aliphatic carbocycles. The van der Waals surface area contributed by atoms with Gasteiger partial charge in [-0.15, -0.1) is 5.73 Å². The van der Waals surface area contributed by atoms with Crippen molar-refractivity contribution in [3.63, 3.8) is 0 Å². The number of ether oxygens (including phenoxy) is 1. The van der Waals surface area contributed by atoms with Crippen LogP contribution in [0.5, 0.6) is 0 Å². The van der Waals surface area contributed by atoms with Gasteiger partial charge in [0.1, 0.15) is 0 Å². The summed E-state index contributed by atoms with van der Waals surface area (Å²) in [7, 11) is 0. The van der Waals surface area contributed by atoms with Crippen LogP contribution in [0.15, 0.2) is 17.4 Å². The molecule has 0 spiro atoms. The summed E-state index contributed by atoms with van der Waals surface area (Å²) in [5.74, 6) is 1.30. The zero-order valence-corrected chi connectivity index (χ0v) is 12.6. The van der Waals surface area contributed by atoms with Crippen LogP contribution in [0.1, 0.15) is 60.3 Å². The Morgan fingerprint density at radius 2 is 1.94 bits per heavy atom. The number of hydrogen-bond acceptors (Lipinski definition) is 2. The molecule has 0 bridgehead atoms. The molecule has 1 unspecified atom stereocenters. The summed E-state index contributed by atoms with van der Waals surface area (Å²) in [5, 5.41) is 0. The Labute approximate surface area is 112 Å². The first-order valence-corrected chi connectivity index (χ1v) is 7.01. The highest BCUT2D eigenvalue weighted by molar-refractivity contribution is 5.72. The number of carbonyl (C=O) groups is 1. The van der Waals surface area contributed by atoms with Crippen molar-refractivity contribution in [3.8, 4) is 0 Å². The van der Waals surface area contributed by atoms with Crippen LogP contribution in [0.25, 0.3) is 0 Å². The van der Waals surface area contributed by atoms with E-state index in [-0.39, 0.29) is 5.97 Å². The van der Waals surface area contributed by atoms with Gasteiger partial charge in [0.05, 0.1) is 13.0 Å². The highest BCUT2D eigenvalue weighted by Crippen LogP contribution is 2.15. The van der Waals surface area contributed by atoms with E-state index in [1.54, 1.807) is 0 Å². The van der Waals surface area contributed by atoms with Gasteiger partial charge < -0.3 is 4.74 Å². The maximum absolute atomic E-state index is 11.2. The summed E-state index contributed by atoms with van der Waals surface area (Å²) in [6, 6.07) is 0. The van der Waals surface area contributed by atoms with Crippen molar-refractivity contribution in [2.45, 2.75) is 60.3 Å². The average molecular weight is 252 g/mol. The molecule has 18 heavy (non-hydrogen) atoms. The highest BCUT2D eigenvalue weighted by Gasteiger charge is 2.03. The first kappa shape index (κ1) is 17.0. The van der Waals surface area contributed by atoms with Crippen LogP contribution in [0, 0.1) is 11.8 Å². The summed E-state index contributed by atoms with van der Waals surface area (Å²) >= 11 is 0. The number of hydrogen-bond donors (Lipinski definition) is 0. The second-order valence-corrected chi connectivity index (χ2v) is 5.42. The molecule has 0 amide bonds. The van der Waals surface area contributed by atoms with Crippen molar-refractivity contribution in [1.82, 2.24) is 0 Å². The monoisotopic (exact) mass is 252 g/mol. The van der Waals surface area contributed by atoms with Crippen molar-refractivity contribution < 1.29 is 9.53 Å². The third kappa shape index (κ3) is 10.2. The molecule has 0 aromatic heterocycles. The smallest absolute Gasteiger partial charge is 0.310 e. The lowest BCUT2D eigenvalue weighted by atomic mass is 9.97. The fraction of sp³-hybridized carbons (Fsp3) is 0.750. The maximum Gasteiger partial charge on any atom is 0.310 e. The Balaban J connectivity index is 4.00. The molecule has 0 aromatic rings. The maximum atomic E-state index is 11.2. The largest absolute Gasteiger partial charge is 0.466 e. The van der Waals surface area contributed by atoms with Gasteiger partial charge >= 0.3 is 5.97 Å². The molecule has 0 radical (unpaired) electrons. The lowest BCUT2D eigenvalue weighted by Crippen LogP contribution is -2.03. The van der Waals surface area contributed by atoms with Crippen LogP contribution >= 0.6 is 0 Å². The fourth-order valence-corrected chi connectivity index (χ4v) is 1.65. The van der Waals surface area contributed by atoms with Gasteiger partial charge in [0, 0.05) is 0 Å². The summed E-state index contributed by atoms with van der Waals surface area (Å²) in [6.45, 7) is 11.0. The number of rotatable bonds is 8. The summed E-state index contributed by atoms with van der Waals surface area (Å²) < 4.78 is 4.89. The van der Waals surface area contributed by atoms with Crippen LogP contribution in [-0.4, -0.2) is 12.6 Å². The molecule has 2 heteroatoms. The molecular weight excluding hydrogens is 224 g/mol. The Morgan fingerprint density at radius 3 is 2.50 bits per heavy atom. The third-order valence-electron chi connectivity index (χ3n) is 2.82. The normalized spacial score (nSPS) is 11.9. The van der Waals surface area contributed by atoms with E-state index in [1.165, 1.54) is 12.8 Å². The lowest BCUT2D eigenvalue weighted by molar-refractivity contribution is -0.142. The molecule has 0 heterocycles. The Bertz CT molecular complexity index is 296. The van der Waals surface area contributed by atoms with Crippen LogP contribution in [0.3, 0.4) is 0 Å². The minimum atomic E-state index is -0.163. The molecular formula is C16H28O2. The van der Waals surface area contributed by atoms with Gasteiger partial charge in [0.15, 0.2) is 0 Å². The summed E-state index contributed by atoms with van der Waals surface area (Å²) in [6.07, 6.45) is 5.98. The molecule has 0 fully saturated rings. The second kappa shape index (κ2) is 9.96. The molecule has 0 saturated heterocycles. The number of esters is 1. The van der Waals surface area contributed by atoms with E-state index >= 15 is 0 Å². The number of carbonyl (C=O) groups excluding carboxylic acids is 1. The molecule has 0 N–H and O–H groups in total. The van der Waals surface area contributed by atoms with Crippen LogP contribution in [-0.2, 0) is 9.53 Å². The van der Waals surface area contributed by atoms with Gasteiger partial charge in [-0.25, -0.2) is 0 Å². The molecule has 2 nitrogen and oxygen atoms in total. The average Bonchev–Trinajstić information content (AvgIpc) is 2.26. The fourth-order valence-electron chi connectivity index (χ4n) is 1.65. The topological polar surface area (TPSA) is 26.3 Å². The minimum absolute atomic E-state index is 0.163. The zero-order valence-electron chi connectivity index (χ0n) is 12.6. The van der Waals surface area contributed by atoms with Gasteiger partial charge in [0.25, 0.3) is 0 Å². The second-order valence-electron chi connectivity index (χ2n) is 5.42. The predicted octanol–water partition coefficient (Wildman–Crippen LogP) is 4.50. The van der Waals surface area contributed by atoms with Crippen molar-refractivity contribution in [1.29, 1.82) is 0 Å². The summed E-state index contributed by atoms with van der Waals surface area (Å²) in [4.78, 5) is 11.2. The van der Waals surface area contributed by atoms with E-state index in [1.807, 2.05) is 13.8 Å². The van der Waals surface area contributed by atoms with Crippen molar-refractivity contribution in [2.75, 3.05) is 6.61 Å². The van der Waals surface area contributed by atoms with E-state index < -0.39 is 0 Å². The molecule has 1 atom stereocenters. The summed E-state index contributed by atoms with van der Waals surface area (Å²) in [5.41, 5.74) is 4.13. The Morgan fingerprint density at radius 1 is 1.28 bits per heavy atom. The van der Waals surface area contributed by atoms with Crippen molar-refractivity contribution in [3.05, 3.63) is 17.4 Å². The van der Waals surface area contributed by atoms with E-state index in [4.69, 9.17) is 4.74 Å². The van der Waals surface area contributed by atoms with Gasteiger partial charge in [0.2, 0.25) is 0 Å². The molecule has 0 aromatic carbocycles. The van der Waals surface area contributed by atoms with Crippen LogP contribution in [0.4, 0.5) is 0 Å². The van der Waals surface area contributed by atoms with Gasteiger partial charge in [-0.05, 0) is 43.8 Å². The molecule has 104 valence electrons. The van der Waals surface area contributed by atoms with E-state index in [9.17, 15) is 4.79 Å². The lowest BCUT2D eigenvalue weighted by Gasteiger charge is -2.09.